The average molecular weight is 553 g/mol. The second-order valence-electron chi connectivity index (χ2n) is 6.41. The molecule has 0 bridgehead atoms. The number of thiazole rings is 1. The van der Waals surface area contributed by atoms with E-state index in [1.54, 1.807) is 18.4 Å². The van der Waals surface area contributed by atoms with Crippen LogP contribution in [0.3, 0.4) is 0 Å². The van der Waals surface area contributed by atoms with Gasteiger partial charge in [0.05, 0.1) is 37.5 Å². The van der Waals surface area contributed by atoms with Crippen molar-refractivity contribution < 1.29 is 9.47 Å². The molecule has 9 heteroatoms. The fourth-order valence-electron chi connectivity index (χ4n) is 2.49. The molecule has 0 saturated carbocycles. The number of hydrogen-bond acceptors (Lipinski definition) is 5. The number of hydrogen-bond donors (Lipinski definition) is 2. The van der Waals surface area contributed by atoms with Gasteiger partial charge in [-0.25, -0.2) is 9.98 Å². The van der Waals surface area contributed by atoms with Gasteiger partial charge in [0.1, 0.15) is 5.01 Å². The van der Waals surface area contributed by atoms with E-state index in [4.69, 9.17) is 21.1 Å². The molecule has 0 aliphatic carbocycles. The van der Waals surface area contributed by atoms with Crippen LogP contribution in [0.2, 0.25) is 5.02 Å². The van der Waals surface area contributed by atoms with Crippen molar-refractivity contribution in [1.29, 1.82) is 0 Å². The van der Waals surface area contributed by atoms with Crippen LogP contribution < -0.4 is 20.1 Å². The summed E-state index contributed by atoms with van der Waals surface area (Å²) in [6, 6.07) is 3.76. The molecule has 0 spiro atoms. The molecule has 162 valence electrons. The molecule has 0 unspecified atom stereocenters. The molecule has 6 nitrogen and oxygen atoms in total. The van der Waals surface area contributed by atoms with Crippen LogP contribution in [0.5, 0.6) is 11.5 Å². The van der Waals surface area contributed by atoms with Gasteiger partial charge in [0.2, 0.25) is 0 Å². The first-order valence-corrected chi connectivity index (χ1v) is 10.7. The number of guanidine groups is 1. The zero-order chi connectivity index (χ0) is 20.5. The SMILES string of the molecule is CCNC(=NCc1cc(Cl)c(OCC)c(OC)c1)NCc1nc(C(C)C)cs1.I. The van der Waals surface area contributed by atoms with Crippen LogP contribution in [0.15, 0.2) is 22.5 Å². The number of ether oxygens (including phenoxy) is 2. The molecule has 0 saturated heterocycles. The van der Waals surface area contributed by atoms with E-state index in [2.05, 4.69) is 39.8 Å². The first-order chi connectivity index (χ1) is 13.5. The Bertz CT molecular complexity index is 799. The summed E-state index contributed by atoms with van der Waals surface area (Å²) in [5.74, 6) is 2.34. The molecule has 1 aromatic heterocycles. The topological polar surface area (TPSA) is 67.8 Å². The summed E-state index contributed by atoms with van der Waals surface area (Å²) >= 11 is 8.01. The number of methoxy groups -OCH3 is 1. The lowest BCUT2D eigenvalue weighted by atomic mass is 10.2. The molecular weight excluding hydrogens is 523 g/mol. The molecule has 0 atom stereocenters. The van der Waals surface area contributed by atoms with Gasteiger partial charge >= 0.3 is 0 Å². The summed E-state index contributed by atoms with van der Waals surface area (Å²) in [4.78, 5) is 9.30. The Kier molecular flexibility index (Phi) is 11.7. The molecule has 0 amide bonds. The quantitative estimate of drug-likeness (QED) is 0.254. The maximum absolute atomic E-state index is 6.35. The van der Waals surface area contributed by atoms with E-state index < -0.39 is 0 Å². The Morgan fingerprint density at radius 2 is 2.03 bits per heavy atom. The lowest BCUT2D eigenvalue weighted by molar-refractivity contribution is 0.311. The molecule has 2 aromatic rings. The Balaban J connectivity index is 0.00000420. The highest BCUT2D eigenvalue weighted by molar-refractivity contribution is 14.0. The summed E-state index contributed by atoms with van der Waals surface area (Å²) in [5, 5.41) is 10.3. The summed E-state index contributed by atoms with van der Waals surface area (Å²) < 4.78 is 11.0. The lowest BCUT2D eigenvalue weighted by Gasteiger charge is -2.13. The van der Waals surface area contributed by atoms with E-state index in [0.29, 0.717) is 42.1 Å². The Morgan fingerprint density at radius 3 is 2.62 bits per heavy atom. The number of rotatable bonds is 9. The standard InChI is InChI=1S/C20H29ClN4O2S.HI/c1-6-22-20(24-11-18-25-16(12-28-18)13(3)4)23-10-14-8-15(21)19(27-7-2)17(9-14)26-5;/h8-9,12-13H,6-7,10-11H2,1-5H3,(H2,22,23,24);1H. The maximum atomic E-state index is 6.35. The largest absolute Gasteiger partial charge is 0.493 e. The summed E-state index contributed by atoms with van der Waals surface area (Å²) in [5.41, 5.74) is 2.07. The highest BCUT2D eigenvalue weighted by atomic mass is 127. The van der Waals surface area contributed by atoms with Gasteiger partial charge in [-0.05, 0) is 37.5 Å². The highest BCUT2D eigenvalue weighted by Gasteiger charge is 2.12. The van der Waals surface area contributed by atoms with Crippen molar-refractivity contribution in [2.24, 2.45) is 4.99 Å². The number of nitrogens with one attached hydrogen (secondary N) is 2. The molecule has 0 radical (unpaired) electrons. The first-order valence-electron chi connectivity index (χ1n) is 9.44. The minimum absolute atomic E-state index is 0. The second kappa shape index (κ2) is 13.1. The number of benzene rings is 1. The Hall–Kier alpha value is -1.26. The van der Waals surface area contributed by atoms with Crippen molar-refractivity contribution in [1.82, 2.24) is 15.6 Å². The molecule has 29 heavy (non-hydrogen) atoms. The Labute approximate surface area is 199 Å². The molecule has 2 rings (SSSR count). The van der Waals surface area contributed by atoms with Crippen molar-refractivity contribution in [3.63, 3.8) is 0 Å². The van der Waals surface area contributed by atoms with E-state index >= 15 is 0 Å². The second-order valence-corrected chi connectivity index (χ2v) is 7.76. The number of aromatic nitrogens is 1. The molecule has 2 N–H and O–H groups in total. The van der Waals surface area contributed by atoms with E-state index in [-0.39, 0.29) is 24.0 Å². The van der Waals surface area contributed by atoms with Gasteiger partial charge in [-0.3, -0.25) is 0 Å². The molecule has 0 aliphatic heterocycles. The predicted molar refractivity (Wildman–Crippen MR) is 132 cm³/mol. The maximum Gasteiger partial charge on any atom is 0.191 e. The predicted octanol–water partition coefficient (Wildman–Crippen LogP) is 5.20. The monoisotopic (exact) mass is 552 g/mol. The van der Waals surface area contributed by atoms with Crippen LogP contribution in [-0.2, 0) is 13.1 Å². The fraction of sp³-hybridized carbons (Fsp3) is 0.500. The highest BCUT2D eigenvalue weighted by Crippen LogP contribution is 2.36. The third-order valence-corrected chi connectivity index (χ3v) is 5.06. The third-order valence-electron chi connectivity index (χ3n) is 3.91. The lowest BCUT2D eigenvalue weighted by Crippen LogP contribution is -2.36. The Morgan fingerprint density at radius 1 is 1.28 bits per heavy atom. The summed E-state index contributed by atoms with van der Waals surface area (Å²) in [6.07, 6.45) is 0. The summed E-state index contributed by atoms with van der Waals surface area (Å²) in [6.45, 7) is 10.6. The van der Waals surface area contributed by atoms with E-state index in [0.717, 1.165) is 28.8 Å². The van der Waals surface area contributed by atoms with Gasteiger partial charge < -0.3 is 20.1 Å². The van der Waals surface area contributed by atoms with Gasteiger partial charge in [0, 0.05) is 11.9 Å². The van der Waals surface area contributed by atoms with E-state index in [1.165, 1.54) is 0 Å². The van der Waals surface area contributed by atoms with Gasteiger partial charge in [0.15, 0.2) is 17.5 Å². The van der Waals surface area contributed by atoms with E-state index in [1.807, 2.05) is 26.0 Å². The van der Waals surface area contributed by atoms with Gasteiger partial charge in [-0.15, -0.1) is 35.3 Å². The minimum Gasteiger partial charge on any atom is -0.493 e. The minimum atomic E-state index is 0. The molecule has 0 aliphatic rings. The summed E-state index contributed by atoms with van der Waals surface area (Å²) in [7, 11) is 1.60. The van der Waals surface area contributed by atoms with Crippen LogP contribution in [0.1, 0.15) is 49.9 Å². The van der Waals surface area contributed by atoms with Crippen LogP contribution in [0.4, 0.5) is 0 Å². The van der Waals surface area contributed by atoms with Crippen LogP contribution in [0.25, 0.3) is 0 Å². The average Bonchev–Trinajstić information content (AvgIpc) is 3.15. The first kappa shape index (κ1) is 25.8. The number of nitrogens with zero attached hydrogens (tertiary/aromatic N) is 2. The van der Waals surface area contributed by atoms with Gasteiger partial charge in [0.25, 0.3) is 0 Å². The molecule has 0 fully saturated rings. The van der Waals surface area contributed by atoms with Crippen LogP contribution >= 0.6 is 46.9 Å². The third kappa shape index (κ3) is 7.82. The van der Waals surface area contributed by atoms with Crippen molar-refractivity contribution in [3.05, 3.63) is 38.8 Å². The zero-order valence-corrected chi connectivity index (χ0v) is 21.4. The molecule has 1 heterocycles. The van der Waals surface area contributed by atoms with Crippen LogP contribution in [0, 0.1) is 0 Å². The zero-order valence-electron chi connectivity index (χ0n) is 17.5. The number of halogens is 2. The van der Waals surface area contributed by atoms with Crippen molar-refractivity contribution in [3.8, 4) is 11.5 Å². The van der Waals surface area contributed by atoms with Crippen molar-refractivity contribution in [2.75, 3.05) is 20.3 Å². The normalized spacial score (nSPS) is 11.2. The smallest absolute Gasteiger partial charge is 0.191 e. The van der Waals surface area contributed by atoms with Crippen molar-refractivity contribution >= 4 is 52.9 Å². The van der Waals surface area contributed by atoms with Crippen LogP contribution in [-0.4, -0.2) is 31.2 Å². The number of aliphatic imine (C=N–C) groups is 1. The van der Waals surface area contributed by atoms with E-state index in [9.17, 15) is 0 Å². The molecule has 1 aromatic carbocycles. The fourth-order valence-corrected chi connectivity index (χ4v) is 3.67. The van der Waals surface area contributed by atoms with Gasteiger partial charge in [-0.1, -0.05) is 25.4 Å². The van der Waals surface area contributed by atoms with Crippen molar-refractivity contribution in [2.45, 2.75) is 46.7 Å². The van der Waals surface area contributed by atoms with Gasteiger partial charge in [-0.2, -0.15) is 0 Å². The molecular formula is C20H30ClIN4O2S.